The van der Waals surface area contributed by atoms with Crippen LogP contribution >= 0.6 is 0 Å². The zero-order chi connectivity index (χ0) is 105. The first kappa shape index (κ1) is 116. The van der Waals surface area contributed by atoms with Crippen molar-refractivity contribution < 1.29 is 317 Å². The van der Waals surface area contributed by atoms with Crippen molar-refractivity contribution >= 4 is 6.03 Å². The van der Waals surface area contributed by atoms with E-state index in [0.29, 0.717) is 0 Å². The van der Waals surface area contributed by atoms with E-state index in [0.717, 1.165) is 0 Å². The van der Waals surface area contributed by atoms with Gasteiger partial charge in [0.1, 0.15) is 317 Å². The van der Waals surface area contributed by atoms with Crippen LogP contribution in [-0.2, 0) is 123 Å². The number of hydrogen-bond donors (Lipinski definition) is 39. The van der Waals surface area contributed by atoms with Crippen LogP contribution in [0.25, 0.3) is 0 Å². The molecule has 26 bridgehead atoms. The zero-order valence-corrected chi connectivity index (χ0v) is 75.8. The van der Waals surface area contributed by atoms with E-state index in [9.17, 15) is 194 Å². The summed E-state index contributed by atoms with van der Waals surface area (Å²) in [5, 5.41) is 428. The van der Waals surface area contributed by atoms with Gasteiger partial charge >= 0.3 is 6.03 Å². The normalized spacial score (nSPS) is 54.8. The summed E-state index contributed by atoms with van der Waals surface area (Å²) in [6.07, 6.45) is -145. The third-order valence-corrected chi connectivity index (χ3v) is 28.0. The fourth-order valence-electron chi connectivity index (χ4n) is 19.8. The number of ether oxygens (including phenoxy) is 26. The Morgan fingerprint density at radius 1 is 0.131 bits per heavy atom. The van der Waals surface area contributed by atoms with Crippen LogP contribution in [0.2, 0.25) is 0 Å². The van der Waals surface area contributed by atoms with Gasteiger partial charge in [0.2, 0.25) is 0 Å². The molecular weight excluding hydrogens is 2000 g/mol. The van der Waals surface area contributed by atoms with Crippen molar-refractivity contribution in [3.63, 3.8) is 0 Å². The van der Waals surface area contributed by atoms with Gasteiger partial charge in [-0.15, -0.1) is 0 Å². The largest absolute Gasteiger partial charge is 0.394 e. The van der Waals surface area contributed by atoms with Crippen molar-refractivity contribution in [2.75, 3.05) is 85.8 Å². The van der Waals surface area contributed by atoms with Crippen LogP contribution in [-0.4, -0.2) is 680 Å². The van der Waals surface area contributed by atoms with Crippen LogP contribution in [0.4, 0.5) is 4.79 Å². The van der Waals surface area contributed by atoms with Crippen LogP contribution in [0.3, 0.4) is 0 Å². The lowest BCUT2D eigenvalue weighted by Crippen LogP contribution is -2.69. The molecule has 0 radical (unpaired) electrons. The number of hydrogen-bond acceptors (Lipinski definition) is 64. The van der Waals surface area contributed by atoms with E-state index in [1.807, 2.05) is 0 Å². The van der Waals surface area contributed by atoms with Gasteiger partial charge in [-0.1, -0.05) is 0 Å². The molecule has 43 aliphatic heterocycles. The fraction of sp³-hybridized carbons (Fsp3) is 0.987. The van der Waals surface area contributed by atoms with Gasteiger partial charge in [0.15, 0.2) is 81.8 Å². The van der Waals surface area contributed by atoms with Crippen molar-refractivity contribution in [2.24, 2.45) is 0 Å². The average Bonchev–Trinajstić information content (AvgIpc) is 0.997. The third-order valence-electron chi connectivity index (χ3n) is 28.0. The standard InChI is InChI=1S/C79H130N2O64/c82-3-16-55-31(97)44(110)70(124-16)139-59-20(7-86)128-74(48(114)35(59)101)143-63-24(11-90)130-76(50(116)37(63)103)141-61-22(9-88)126-72(46(112)33(61)99)137-57-18(5-84)122-68(42(108)29(57)95)133-53-14(120-66(135-55)40(106)27(53)93)1-80-79(119)81-2-15-54-28(94)41(107)67(121-15)136-56-17(4-83)125-71(45(111)32(56)98)140-60-21(8-87)129-75(49(115)36(60)102)144-64-25(12-91)132-78(52(118)39(64)105)145-65-26(13-92)131-77(51(117)38(65)104)142-62-23(10-89)127-73(47(113)34(62)100)138-58-19(6-85)123-69(134-54)43(109)30(58)96/h14-78,82-118H,1-13H2,(H2,80,81,119)/t14-,15-,16-,17-,18-,19-,20-,21-,22-,23-,24-,25-,26-,27-,28-,29-,30-,31-,32-,33-,34-,35-,36-,37-,38-,39-,40-,41-,42-,43-,44-,45-,46-,47-,48-,49-,50-,51-,52-,53-,54-,55-,56-,57-,58-,59-,60-,61-,62-,63-,64-,65-,66-,67-,68-,69-,70-,71-,72-,73-,74-,75-,76-,77-,78-/m1/s1. The highest BCUT2D eigenvalue weighted by molar-refractivity contribution is 5.73. The molecule has 0 spiro atoms. The molecular formula is C79H130N2O64. The molecule has 43 fully saturated rings. The molecule has 43 aliphatic rings. The molecule has 0 saturated carbocycles. The molecule has 66 heteroatoms. The first-order valence-corrected chi connectivity index (χ1v) is 46.5. The van der Waals surface area contributed by atoms with Gasteiger partial charge < -0.3 is 323 Å². The maximum Gasteiger partial charge on any atom is 0.314 e. The Bertz CT molecular complexity index is 3940. The Balaban J connectivity index is 0.708. The van der Waals surface area contributed by atoms with Crippen LogP contribution < -0.4 is 10.6 Å². The van der Waals surface area contributed by atoms with Crippen molar-refractivity contribution in [1.82, 2.24) is 10.6 Å². The van der Waals surface area contributed by atoms with Crippen molar-refractivity contribution in [3.05, 3.63) is 0 Å². The second-order valence-electron chi connectivity index (χ2n) is 37.2. The van der Waals surface area contributed by atoms with E-state index in [2.05, 4.69) is 10.6 Å². The Hall–Kier alpha value is -3.25. The topological polar surface area (TPSA) is 1030 Å². The smallest absolute Gasteiger partial charge is 0.314 e. The predicted molar refractivity (Wildman–Crippen MR) is 431 cm³/mol. The molecule has 0 aromatic carbocycles. The summed E-state index contributed by atoms with van der Waals surface area (Å²) in [6, 6.07) is -1.47. The summed E-state index contributed by atoms with van der Waals surface area (Å²) >= 11 is 0. The van der Waals surface area contributed by atoms with Gasteiger partial charge in [-0.2, -0.15) is 0 Å². The van der Waals surface area contributed by atoms with E-state index >= 15 is 0 Å². The molecule has 39 N–H and O–H groups in total. The minimum Gasteiger partial charge on any atom is -0.394 e. The van der Waals surface area contributed by atoms with Crippen LogP contribution in [0, 0.1) is 0 Å². The second kappa shape index (κ2) is 49.5. The van der Waals surface area contributed by atoms with Gasteiger partial charge in [-0.3, -0.25) is 0 Å². The number of carbonyl (C=O) groups excluding carboxylic acids is 1. The highest BCUT2D eigenvalue weighted by Crippen LogP contribution is 2.44. The maximum absolute atomic E-state index is 14.7. The number of amides is 2. The number of aliphatic hydroxyl groups excluding tert-OH is 37. The number of carbonyl (C=O) groups is 1. The molecule has 0 unspecified atom stereocenters. The summed E-state index contributed by atoms with van der Waals surface area (Å²) in [6.45, 7) is -15.5. The number of rotatable bonds is 15. The number of nitrogens with one attached hydrogen (secondary N) is 2. The minimum atomic E-state index is -2.57. The van der Waals surface area contributed by atoms with Crippen LogP contribution in [0.1, 0.15) is 0 Å². The van der Waals surface area contributed by atoms with Crippen molar-refractivity contribution in [3.8, 4) is 0 Å². The minimum absolute atomic E-state index is 1.11. The Labute approximate surface area is 816 Å². The maximum atomic E-state index is 14.7. The predicted octanol–water partition coefficient (Wildman–Crippen LogP) is -28.0. The molecule has 145 heavy (non-hydrogen) atoms. The molecule has 0 aromatic heterocycles. The molecule has 0 aromatic rings. The number of aliphatic hydroxyl groups is 37. The average molecular weight is 2130 g/mol. The van der Waals surface area contributed by atoms with Crippen LogP contribution in [0.15, 0.2) is 0 Å². The first-order valence-electron chi connectivity index (χ1n) is 46.5. The van der Waals surface area contributed by atoms with Gasteiger partial charge in [0.25, 0.3) is 0 Å². The van der Waals surface area contributed by atoms with E-state index in [-0.39, 0.29) is 0 Å². The quantitative estimate of drug-likeness (QED) is 0.0724. The molecule has 840 valence electrons. The van der Waals surface area contributed by atoms with E-state index in [1.54, 1.807) is 0 Å². The molecule has 43 saturated heterocycles. The van der Waals surface area contributed by atoms with E-state index in [1.165, 1.54) is 0 Å². The monoisotopic (exact) mass is 2130 g/mol. The van der Waals surface area contributed by atoms with Crippen LogP contribution in [0.5, 0.6) is 0 Å². The molecule has 0 aliphatic carbocycles. The Morgan fingerprint density at radius 3 is 0.303 bits per heavy atom. The summed E-state index contributed by atoms with van der Waals surface area (Å²) in [5.74, 6) is 0. The Morgan fingerprint density at radius 2 is 0.214 bits per heavy atom. The van der Waals surface area contributed by atoms with Crippen molar-refractivity contribution in [2.45, 2.75) is 399 Å². The lowest BCUT2D eigenvalue weighted by atomic mass is 9.94. The molecule has 43 rings (SSSR count). The zero-order valence-electron chi connectivity index (χ0n) is 75.8. The summed E-state index contributed by atoms with van der Waals surface area (Å²) in [4.78, 5) is 14.7. The number of urea groups is 1. The lowest BCUT2D eigenvalue weighted by Gasteiger charge is -2.50. The Kier molecular flexibility index (Phi) is 39.5. The fourth-order valence-corrected chi connectivity index (χ4v) is 19.8. The highest BCUT2D eigenvalue weighted by atomic mass is 16.8. The molecule has 66 nitrogen and oxygen atoms in total. The molecule has 65 atom stereocenters. The first-order chi connectivity index (χ1) is 69.1. The second-order valence-corrected chi connectivity index (χ2v) is 37.2. The SMILES string of the molecule is O=C(NC[C@H]1O[C@@H]2O[C@H]3[C@H](O)[C@@H](O)[C@@H](O[C@H]4[C@H](O)[C@@H](O)[C@@H](O[C@H]5[C@H](O)[C@@H](O)[C@@H](O[C@H]6[C@H](O)[C@@H](O)[C@@H](O[C@H]7[C@H](O)[C@@H](O)[C@@H](O[C@H]8[C@H](O)[C@@H](O)[C@@H](O[C@H]1[C@H](O)[C@H]2O)O[C@@H]8CO)O[C@@H]7CO)O[C@@H]6CO)O[C@@H]5CO)O[C@@H]4CO)O[C@@H]3CO)NC[C@H]1O[C@@H]2O[C@H]3[C@H](O)[C@@H](O)[C@@H](O[C@H]4[C@H](O)[C@@H](O)[C@@H](O[C@H]5[C@H](O)[C@@H](O)[C@@H](O[C@H]6[C@H](O)[C@@H](O)[C@@H](O[C@H]7[C@H](O)[C@@H](O)[C@@H](O[C@H]1[C@H](O)[C@H]2O)O[C@@H]7CO)O[C@@H]6CO)O[C@@H]5CO)O[C@@H]4CO)O[C@@H]3CO. The van der Waals surface area contributed by atoms with Gasteiger partial charge in [0.05, 0.1) is 72.7 Å². The highest BCUT2D eigenvalue weighted by Gasteiger charge is 2.65. The lowest BCUT2D eigenvalue weighted by molar-refractivity contribution is -0.403. The van der Waals surface area contributed by atoms with Crippen molar-refractivity contribution in [1.29, 1.82) is 0 Å². The van der Waals surface area contributed by atoms with Gasteiger partial charge in [-0.05, 0) is 0 Å². The molecule has 2 amide bonds. The molecule has 43 heterocycles. The summed E-state index contributed by atoms with van der Waals surface area (Å²) in [5.41, 5.74) is 0. The van der Waals surface area contributed by atoms with E-state index < -0.39 is 491 Å². The van der Waals surface area contributed by atoms with Gasteiger partial charge in [-0.25, -0.2) is 4.79 Å². The third kappa shape index (κ3) is 23.3. The summed E-state index contributed by atoms with van der Waals surface area (Å²) in [7, 11) is 0. The summed E-state index contributed by atoms with van der Waals surface area (Å²) < 4.78 is 152. The van der Waals surface area contributed by atoms with Gasteiger partial charge in [0, 0.05) is 13.1 Å². The van der Waals surface area contributed by atoms with E-state index in [4.69, 9.17) is 123 Å².